The third-order valence-corrected chi connectivity index (χ3v) is 6.44. The van der Waals surface area contributed by atoms with Gasteiger partial charge in [0.05, 0.1) is 30.1 Å². The van der Waals surface area contributed by atoms with Crippen LogP contribution in [-0.2, 0) is 23.7 Å². The first-order chi connectivity index (χ1) is 11.9. The SMILES string of the molecule is CN(C)S(=O)(=O)N1CCCC(Cc2cncc(-c3cncn3C)n2)C1. The van der Waals surface area contributed by atoms with Gasteiger partial charge in [-0.1, -0.05) is 0 Å². The maximum atomic E-state index is 12.3. The number of piperidine rings is 1. The zero-order chi connectivity index (χ0) is 18.0. The molecule has 3 heterocycles. The number of aromatic nitrogens is 4. The van der Waals surface area contributed by atoms with Crippen LogP contribution in [0.25, 0.3) is 11.4 Å². The molecule has 1 saturated heterocycles. The van der Waals surface area contributed by atoms with Crippen LogP contribution in [0, 0.1) is 5.92 Å². The van der Waals surface area contributed by atoms with Crippen LogP contribution in [0.4, 0.5) is 0 Å². The van der Waals surface area contributed by atoms with Gasteiger partial charge in [-0.2, -0.15) is 17.0 Å². The van der Waals surface area contributed by atoms with E-state index in [-0.39, 0.29) is 5.92 Å². The molecule has 9 heteroatoms. The second-order valence-electron chi connectivity index (χ2n) is 6.65. The Labute approximate surface area is 148 Å². The van der Waals surface area contributed by atoms with Crippen molar-refractivity contribution < 1.29 is 8.42 Å². The highest BCUT2D eigenvalue weighted by molar-refractivity contribution is 7.86. The van der Waals surface area contributed by atoms with E-state index in [1.54, 1.807) is 43.3 Å². The predicted molar refractivity (Wildman–Crippen MR) is 94.8 cm³/mol. The van der Waals surface area contributed by atoms with Crippen molar-refractivity contribution >= 4 is 10.2 Å². The molecular formula is C16H24N6O2S. The van der Waals surface area contributed by atoms with Crippen LogP contribution >= 0.6 is 0 Å². The van der Waals surface area contributed by atoms with Crippen molar-refractivity contribution in [2.24, 2.45) is 13.0 Å². The molecule has 1 aliphatic heterocycles. The van der Waals surface area contributed by atoms with E-state index >= 15 is 0 Å². The molecule has 3 rings (SSSR count). The van der Waals surface area contributed by atoms with Crippen molar-refractivity contribution in [1.82, 2.24) is 28.1 Å². The Morgan fingerprint density at radius 3 is 2.72 bits per heavy atom. The summed E-state index contributed by atoms with van der Waals surface area (Å²) in [6, 6.07) is 0. The molecule has 2 aromatic heterocycles. The highest BCUT2D eigenvalue weighted by Crippen LogP contribution is 2.23. The number of aryl methyl sites for hydroxylation is 1. The molecule has 0 saturated carbocycles. The lowest BCUT2D eigenvalue weighted by Crippen LogP contribution is -2.45. The molecule has 25 heavy (non-hydrogen) atoms. The average Bonchev–Trinajstić information content (AvgIpc) is 3.01. The summed E-state index contributed by atoms with van der Waals surface area (Å²) < 4.78 is 29.4. The van der Waals surface area contributed by atoms with Gasteiger partial charge in [-0.25, -0.2) is 9.97 Å². The molecule has 0 aromatic carbocycles. The summed E-state index contributed by atoms with van der Waals surface area (Å²) >= 11 is 0. The van der Waals surface area contributed by atoms with Gasteiger partial charge in [-0.3, -0.25) is 4.98 Å². The number of nitrogens with zero attached hydrogens (tertiary/aromatic N) is 6. The van der Waals surface area contributed by atoms with E-state index < -0.39 is 10.2 Å². The topological polar surface area (TPSA) is 84.2 Å². The summed E-state index contributed by atoms with van der Waals surface area (Å²) in [5, 5.41) is 0. The quantitative estimate of drug-likeness (QED) is 0.788. The van der Waals surface area contributed by atoms with Crippen molar-refractivity contribution in [2.45, 2.75) is 19.3 Å². The van der Waals surface area contributed by atoms with Gasteiger partial charge in [0, 0.05) is 40.4 Å². The van der Waals surface area contributed by atoms with Crippen molar-refractivity contribution in [3.63, 3.8) is 0 Å². The molecular weight excluding hydrogens is 340 g/mol. The molecule has 0 spiro atoms. The minimum atomic E-state index is -3.36. The van der Waals surface area contributed by atoms with Gasteiger partial charge in [0.25, 0.3) is 10.2 Å². The third kappa shape index (κ3) is 3.88. The van der Waals surface area contributed by atoms with Gasteiger partial charge in [0.1, 0.15) is 5.69 Å². The van der Waals surface area contributed by atoms with Crippen molar-refractivity contribution in [3.8, 4) is 11.4 Å². The summed E-state index contributed by atoms with van der Waals surface area (Å²) in [5.74, 6) is 0.250. The molecule has 0 aliphatic carbocycles. The van der Waals surface area contributed by atoms with Crippen LogP contribution in [0.3, 0.4) is 0 Å². The zero-order valence-corrected chi connectivity index (χ0v) is 15.6. The van der Waals surface area contributed by atoms with Crippen molar-refractivity contribution in [1.29, 1.82) is 0 Å². The molecule has 0 amide bonds. The van der Waals surface area contributed by atoms with E-state index in [4.69, 9.17) is 4.98 Å². The van der Waals surface area contributed by atoms with Gasteiger partial charge in [-0.05, 0) is 25.2 Å². The van der Waals surface area contributed by atoms with Crippen molar-refractivity contribution in [2.75, 3.05) is 27.2 Å². The normalized spacial score (nSPS) is 19.4. The molecule has 136 valence electrons. The fraction of sp³-hybridized carbons (Fsp3) is 0.562. The lowest BCUT2D eigenvalue weighted by Gasteiger charge is -2.33. The summed E-state index contributed by atoms with van der Waals surface area (Å²) in [7, 11) is 1.71. The van der Waals surface area contributed by atoms with Gasteiger partial charge >= 0.3 is 0 Å². The van der Waals surface area contributed by atoms with E-state index in [1.807, 2.05) is 11.6 Å². The number of rotatable bonds is 5. The maximum absolute atomic E-state index is 12.3. The summed E-state index contributed by atoms with van der Waals surface area (Å²) in [6.07, 6.45) is 9.57. The Hall–Kier alpha value is -1.84. The summed E-state index contributed by atoms with van der Waals surface area (Å²) in [6.45, 7) is 1.11. The fourth-order valence-electron chi connectivity index (χ4n) is 3.16. The van der Waals surface area contributed by atoms with E-state index in [0.29, 0.717) is 13.1 Å². The van der Waals surface area contributed by atoms with Crippen molar-refractivity contribution in [3.05, 3.63) is 30.6 Å². The Morgan fingerprint density at radius 2 is 2.04 bits per heavy atom. The van der Waals surface area contributed by atoms with Crippen LogP contribution in [0.15, 0.2) is 24.9 Å². The Morgan fingerprint density at radius 1 is 1.24 bits per heavy atom. The first kappa shape index (κ1) is 18.0. The van der Waals surface area contributed by atoms with Crippen LogP contribution < -0.4 is 0 Å². The number of hydrogen-bond acceptors (Lipinski definition) is 5. The van der Waals surface area contributed by atoms with Gasteiger partial charge in [0.2, 0.25) is 0 Å². The minimum absolute atomic E-state index is 0.250. The molecule has 0 N–H and O–H groups in total. The minimum Gasteiger partial charge on any atom is -0.332 e. The van der Waals surface area contributed by atoms with E-state index in [2.05, 4.69) is 9.97 Å². The Balaban J connectivity index is 1.73. The van der Waals surface area contributed by atoms with Crippen LogP contribution in [0.1, 0.15) is 18.5 Å². The molecule has 2 aromatic rings. The maximum Gasteiger partial charge on any atom is 0.281 e. The second-order valence-corrected chi connectivity index (χ2v) is 8.79. The van der Waals surface area contributed by atoms with E-state index in [1.165, 1.54) is 4.31 Å². The smallest absolute Gasteiger partial charge is 0.281 e. The average molecular weight is 364 g/mol. The predicted octanol–water partition coefficient (Wildman–Crippen LogP) is 0.938. The summed E-state index contributed by atoms with van der Waals surface area (Å²) in [4.78, 5) is 13.1. The highest BCUT2D eigenvalue weighted by Gasteiger charge is 2.30. The summed E-state index contributed by atoms with van der Waals surface area (Å²) in [5.41, 5.74) is 2.58. The zero-order valence-electron chi connectivity index (χ0n) is 14.8. The van der Waals surface area contributed by atoms with Gasteiger partial charge in [0.15, 0.2) is 0 Å². The largest absolute Gasteiger partial charge is 0.332 e. The van der Waals surface area contributed by atoms with Crippen LogP contribution in [0.2, 0.25) is 0 Å². The first-order valence-electron chi connectivity index (χ1n) is 8.33. The van der Waals surface area contributed by atoms with Gasteiger partial charge in [-0.15, -0.1) is 0 Å². The molecule has 1 aliphatic rings. The standard InChI is InChI=1S/C16H24N6O2S/c1-20(2)25(23,24)22-6-4-5-13(11-22)7-14-8-17-9-15(19-14)16-10-18-12-21(16)3/h8-10,12-13H,4-7,11H2,1-3H3. The monoisotopic (exact) mass is 364 g/mol. The molecule has 1 atom stereocenters. The third-order valence-electron chi connectivity index (χ3n) is 4.53. The van der Waals surface area contributed by atoms with E-state index in [9.17, 15) is 8.42 Å². The highest BCUT2D eigenvalue weighted by atomic mass is 32.2. The first-order valence-corrected chi connectivity index (χ1v) is 9.73. The molecule has 0 bridgehead atoms. The number of imidazole rings is 1. The lowest BCUT2D eigenvalue weighted by molar-refractivity contribution is 0.253. The Kier molecular flexibility index (Phi) is 5.16. The lowest BCUT2D eigenvalue weighted by atomic mass is 9.95. The van der Waals surface area contributed by atoms with Crippen LogP contribution in [-0.4, -0.2) is 63.7 Å². The molecule has 1 unspecified atom stereocenters. The fourth-order valence-corrected chi connectivity index (χ4v) is 4.38. The molecule has 1 fully saturated rings. The van der Waals surface area contributed by atoms with Crippen LogP contribution in [0.5, 0.6) is 0 Å². The number of hydrogen-bond donors (Lipinski definition) is 0. The van der Waals surface area contributed by atoms with Gasteiger partial charge < -0.3 is 4.57 Å². The Bertz CT molecular complexity index is 833. The molecule has 8 nitrogen and oxygen atoms in total. The second kappa shape index (κ2) is 7.19. The van der Waals surface area contributed by atoms with E-state index in [0.717, 1.165) is 36.3 Å². The molecule has 0 radical (unpaired) electrons.